The van der Waals surface area contributed by atoms with E-state index in [0.717, 1.165) is 24.2 Å². The number of carbonyl (C=O) groups excluding carboxylic acids is 2. The summed E-state index contributed by atoms with van der Waals surface area (Å²) in [5, 5.41) is 21.4. The van der Waals surface area contributed by atoms with Gasteiger partial charge in [0.05, 0.1) is 0 Å². The molecule has 0 aromatic rings. The van der Waals surface area contributed by atoms with E-state index in [4.69, 9.17) is 4.74 Å². The van der Waals surface area contributed by atoms with Crippen LogP contribution in [0.4, 0.5) is 0 Å². The van der Waals surface area contributed by atoms with E-state index in [1.165, 1.54) is 24.1 Å². The summed E-state index contributed by atoms with van der Waals surface area (Å²) in [6.45, 7) is 3.42. The first kappa shape index (κ1) is 18.0. The Balaban J connectivity index is 1.94. The number of aliphatic carboxylic acids is 1. The molecule has 0 radical (unpaired) electrons. The lowest BCUT2D eigenvalue weighted by molar-refractivity contribution is -0.152. The van der Waals surface area contributed by atoms with Crippen molar-refractivity contribution in [2.24, 2.45) is 0 Å². The van der Waals surface area contributed by atoms with Gasteiger partial charge in [0.2, 0.25) is 5.78 Å². The maximum absolute atomic E-state index is 12.8. The summed E-state index contributed by atoms with van der Waals surface area (Å²) in [5.41, 5.74) is -2.17. The third kappa shape index (κ3) is 2.77. The molecule has 0 bridgehead atoms. The highest BCUT2D eigenvalue weighted by Crippen LogP contribution is 2.43. The zero-order valence-electron chi connectivity index (χ0n) is 14.2. The van der Waals surface area contributed by atoms with Crippen LogP contribution in [0.1, 0.15) is 39.5 Å². The van der Waals surface area contributed by atoms with Gasteiger partial charge in [-0.05, 0) is 19.8 Å². The third-order valence-corrected chi connectivity index (χ3v) is 5.77. The van der Waals surface area contributed by atoms with Gasteiger partial charge in [-0.1, -0.05) is 19.8 Å². The molecule has 0 spiro atoms. The lowest BCUT2D eigenvalue weighted by Gasteiger charge is -2.37. The molecule has 0 fully saturated rings. The molecule has 7 nitrogen and oxygen atoms in total. The van der Waals surface area contributed by atoms with Crippen molar-refractivity contribution in [3.63, 3.8) is 0 Å². The van der Waals surface area contributed by atoms with Crippen LogP contribution in [0.2, 0.25) is 0 Å². The zero-order valence-corrected chi connectivity index (χ0v) is 15.0. The van der Waals surface area contributed by atoms with Gasteiger partial charge in [0, 0.05) is 11.2 Å². The Hall–Kier alpha value is -1.80. The highest BCUT2D eigenvalue weighted by atomic mass is 32.2. The average Bonchev–Trinajstić information content (AvgIpc) is 2.85. The molecule has 25 heavy (non-hydrogen) atoms. The van der Waals surface area contributed by atoms with E-state index in [-0.39, 0.29) is 17.0 Å². The number of thioether (sulfide) groups is 1. The maximum atomic E-state index is 12.8. The molecular formula is C17H21NO6S. The van der Waals surface area contributed by atoms with Gasteiger partial charge in [-0.3, -0.25) is 14.5 Å². The highest BCUT2D eigenvalue weighted by molar-refractivity contribution is 8.02. The minimum absolute atomic E-state index is 0.167. The second-order valence-electron chi connectivity index (χ2n) is 6.65. The Morgan fingerprint density at radius 1 is 1.44 bits per heavy atom. The fourth-order valence-corrected chi connectivity index (χ4v) is 4.39. The van der Waals surface area contributed by atoms with Crippen molar-refractivity contribution in [1.29, 1.82) is 0 Å². The molecule has 2 N–H and O–H groups in total. The molecule has 0 aromatic carbocycles. The van der Waals surface area contributed by atoms with Gasteiger partial charge >= 0.3 is 5.97 Å². The summed E-state index contributed by atoms with van der Waals surface area (Å²) in [6.07, 6.45) is 2.51. The van der Waals surface area contributed by atoms with Gasteiger partial charge in [0.25, 0.3) is 5.91 Å². The molecule has 136 valence electrons. The molecule has 0 saturated carbocycles. The van der Waals surface area contributed by atoms with Crippen LogP contribution in [0.5, 0.6) is 0 Å². The number of Topliss-reactive ketones (excluding diaryl/α,β-unsaturated/α-hetero) is 1. The number of carboxylic acids is 1. The van der Waals surface area contributed by atoms with Crippen molar-refractivity contribution in [2.45, 2.75) is 57.3 Å². The number of carbonyl (C=O) groups is 3. The van der Waals surface area contributed by atoms with E-state index in [0.29, 0.717) is 12.2 Å². The van der Waals surface area contributed by atoms with Crippen LogP contribution in [0.15, 0.2) is 22.4 Å². The topological polar surface area (TPSA) is 104 Å². The van der Waals surface area contributed by atoms with Crippen molar-refractivity contribution >= 4 is 29.4 Å². The van der Waals surface area contributed by atoms with E-state index >= 15 is 0 Å². The van der Waals surface area contributed by atoms with E-state index in [1.807, 2.05) is 0 Å². The number of unbranched alkanes of at least 4 members (excludes halogenated alkanes) is 2. The first-order chi connectivity index (χ1) is 11.8. The summed E-state index contributed by atoms with van der Waals surface area (Å²) in [5.74, 6) is -1.99. The number of fused-ring (bicyclic) bond motifs is 2. The van der Waals surface area contributed by atoms with Crippen LogP contribution < -0.4 is 0 Å². The standard InChI is InChI=1S/C17H21NO6S/c1-3-4-5-6-11-17(2,23)14(19)12-13(24-11)9-7-25-8-10(16(21)22)18(9)15(12)20/h8-9,11,23H,3-7H2,1-2H3,(H,21,22)/t9-,11+,17+/m1/s1. The van der Waals surface area contributed by atoms with Crippen LogP contribution >= 0.6 is 11.8 Å². The minimum atomic E-state index is -1.79. The van der Waals surface area contributed by atoms with Crippen molar-refractivity contribution < 1.29 is 29.3 Å². The minimum Gasteiger partial charge on any atom is -0.488 e. The number of nitrogens with zero attached hydrogens (tertiary/aromatic N) is 1. The quantitative estimate of drug-likeness (QED) is 0.559. The van der Waals surface area contributed by atoms with Gasteiger partial charge in [-0.15, -0.1) is 11.8 Å². The van der Waals surface area contributed by atoms with Crippen LogP contribution in [-0.4, -0.2) is 56.3 Å². The Labute approximate surface area is 149 Å². The molecule has 8 heteroatoms. The number of amides is 1. The summed E-state index contributed by atoms with van der Waals surface area (Å²) in [6, 6.07) is -0.614. The molecule has 0 aromatic heterocycles. The number of ketones is 1. The first-order valence-corrected chi connectivity index (χ1v) is 9.42. The molecule has 0 saturated heterocycles. The number of hydrogen-bond acceptors (Lipinski definition) is 6. The van der Waals surface area contributed by atoms with E-state index < -0.39 is 35.4 Å². The van der Waals surface area contributed by atoms with Gasteiger partial charge in [-0.2, -0.15) is 0 Å². The van der Waals surface area contributed by atoms with Crippen molar-refractivity contribution in [3.05, 3.63) is 22.4 Å². The molecule has 0 unspecified atom stereocenters. The molecule has 3 aliphatic heterocycles. The Morgan fingerprint density at radius 3 is 2.80 bits per heavy atom. The van der Waals surface area contributed by atoms with Crippen LogP contribution in [0.25, 0.3) is 0 Å². The summed E-state index contributed by atoms with van der Waals surface area (Å²) in [4.78, 5) is 38.0. The Kier molecular flexibility index (Phi) is 4.68. The number of aliphatic hydroxyl groups is 1. The molecule has 0 aliphatic carbocycles. The molecule has 1 amide bonds. The Bertz CT molecular complexity index is 695. The monoisotopic (exact) mass is 367 g/mol. The zero-order chi connectivity index (χ0) is 18.4. The fraction of sp³-hybridized carbons (Fsp3) is 0.588. The fourth-order valence-electron chi connectivity index (χ4n) is 3.44. The average molecular weight is 367 g/mol. The SMILES string of the molecule is CCCCC[C@@H]1OC2=C(C(=O)N3C(C(=O)O)=CSC[C@H]23)C(=O)[C@@]1(C)O. The molecule has 3 heterocycles. The predicted octanol–water partition coefficient (Wildman–Crippen LogP) is 1.42. The number of hydrogen-bond donors (Lipinski definition) is 2. The molecule has 3 atom stereocenters. The number of ether oxygens (including phenoxy) is 1. The van der Waals surface area contributed by atoms with E-state index in [1.54, 1.807) is 0 Å². The van der Waals surface area contributed by atoms with E-state index in [2.05, 4.69) is 6.92 Å². The lowest BCUT2D eigenvalue weighted by Crippen LogP contribution is -2.52. The van der Waals surface area contributed by atoms with Gasteiger partial charge in [-0.25, -0.2) is 4.79 Å². The second-order valence-corrected chi connectivity index (χ2v) is 7.55. The highest BCUT2D eigenvalue weighted by Gasteiger charge is 2.57. The van der Waals surface area contributed by atoms with Crippen LogP contribution in [-0.2, 0) is 19.1 Å². The molecular weight excluding hydrogens is 346 g/mol. The van der Waals surface area contributed by atoms with Crippen molar-refractivity contribution in [1.82, 2.24) is 4.90 Å². The predicted molar refractivity (Wildman–Crippen MR) is 90.5 cm³/mol. The van der Waals surface area contributed by atoms with Crippen LogP contribution in [0.3, 0.4) is 0 Å². The Morgan fingerprint density at radius 2 is 2.16 bits per heavy atom. The molecule has 3 rings (SSSR count). The third-order valence-electron chi connectivity index (χ3n) is 4.87. The van der Waals surface area contributed by atoms with E-state index in [9.17, 15) is 24.6 Å². The number of rotatable bonds is 5. The van der Waals surface area contributed by atoms with Gasteiger partial charge in [0.1, 0.15) is 29.2 Å². The normalized spacial score (nSPS) is 31.5. The molecule has 3 aliphatic rings. The second kappa shape index (κ2) is 6.49. The maximum Gasteiger partial charge on any atom is 0.353 e. The smallest absolute Gasteiger partial charge is 0.353 e. The summed E-state index contributed by atoms with van der Waals surface area (Å²) >= 11 is 1.26. The largest absolute Gasteiger partial charge is 0.488 e. The van der Waals surface area contributed by atoms with Crippen molar-refractivity contribution in [3.8, 4) is 0 Å². The van der Waals surface area contributed by atoms with Crippen molar-refractivity contribution in [2.75, 3.05) is 5.75 Å². The van der Waals surface area contributed by atoms with Crippen LogP contribution in [0, 0.1) is 0 Å². The lowest BCUT2D eigenvalue weighted by atomic mass is 9.84. The number of carboxylic acid groups (broad SMARTS) is 1. The summed E-state index contributed by atoms with van der Waals surface area (Å²) in [7, 11) is 0. The van der Waals surface area contributed by atoms with Gasteiger partial charge < -0.3 is 14.9 Å². The first-order valence-electron chi connectivity index (χ1n) is 8.37. The van der Waals surface area contributed by atoms with Gasteiger partial charge in [0.15, 0.2) is 5.60 Å². The summed E-state index contributed by atoms with van der Waals surface area (Å²) < 4.78 is 5.92.